The number of anilines is 1. The Hall–Kier alpha value is -2.12. The van der Waals surface area contributed by atoms with Crippen LogP contribution in [0.15, 0.2) is 61.7 Å². The summed E-state index contributed by atoms with van der Waals surface area (Å²) in [4.78, 5) is 16.0. The number of hydrogen-bond acceptors (Lipinski definition) is 6. The lowest BCUT2D eigenvalue weighted by Crippen LogP contribution is -2.49. The number of alkyl halides is 1. The molecule has 0 bridgehead atoms. The van der Waals surface area contributed by atoms with Gasteiger partial charge in [-0.1, -0.05) is 59.3 Å². The number of benzene rings is 2. The zero-order chi connectivity index (χ0) is 34.1. The van der Waals surface area contributed by atoms with E-state index in [9.17, 15) is 23.4 Å². The second-order valence-corrected chi connectivity index (χ2v) is 14.6. The van der Waals surface area contributed by atoms with Crippen LogP contribution in [0.4, 0.5) is 5.69 Å². The third kappa shape index (κ3) is 9.27. The summed E-state index contributed by atoms with van der Waals surface area (Å²) in [5, 5.41) is 25.3. The van der Waals surface area contributed by atoms with Crippen molar-refractivity contribution in [1.82, 2.24) is 0 Å². The smallest absolute Gasteiger partial charge is 0.335 e. The molecule has 0 radical (unpaired) electrons. The molecule has 46 heavy (non-hydrogen) atoms. The molecule has 5 atom stereocenters. The average Bonchev–Trinajstić information content (AvgIpc) is 3.17. The first-order chi connectivity index (χ1) is 21.9. The van der Waals surface area contributed by atoms with Crippen molar-refractivity contribution in [3.8, 4) is 5.75 Å². The molecule has 0 aromatic heterocycles. The molecule has 1 aliphatic heterocycles. The fourth-order valence-corrected chi connectivity index (χ4v) is 8.00. The number of carboxylic acid groups (broad SMARTS) is 1. The third-order valence-electron chi connectivity index (χ3n) is 9.51. The van der Waals surface area contributed by atoms with Gasteiger partial charge in [0.25, 0.3) is 0 Å². The van der Waals surface area contributed by atoms with E-state index >= 15 is 0 Å². The topological polar surface area (TPSA) is 130 Å². The van der Waals surface area contributed by atoms with Gasteiger partial charge in [-0.15, -0.1) is 13.2 Å². The number of halogens is 2. The molecule has 0 saturated heterocycles. The van der Waals surface area contributed by atoms with Gasteiger partial charge in [-0.3, -0.25) is 0 Å². The van der Waals surface area contributed by atoms with E-state index in [1.807, 2.05) is 17.9 Å². The number of primary sulfonamides is 1. The molecule has 8 nitrogen and oxygen atoms in total. The number of allylic oxidation sites excluding steroid dienone is 1. The van der Waals surface area contributed by atoms with Crippen LogP contribution >= 0.6 is 34.2 Å². The highest BCUT2D eigenvalue weighted by Crippen LogP contribution is 2.46. The van der Waals surface area contributed by atoms with E-state index in [4.69, 9.17) is 21.5 Å². The lowest BCUT2D eigenvalue weighted by Gasteiger charge is -2.45. The highest BCUT2D eigenvalue weighted by Gasteiger charge is 2.44. The summed E-state index contributed by atoms with van der Waals surface area (Å²) in [5.41, 5.74) is 3.44. The van der Waals surface area contributed by atoms with Crippen molar-refractivity contribution < 1.29 is 28.2 Å². The van der Waals surface area contributed by atoms with Gasteiger partial charge in [0.1, 0.15) is 5.75 Å². The van der Waals surface area contributed by atoms with Crippen LogP contribution in [0, 0.1) is 11.8 Å². The van der Waals surface area contributed by atoms with Gasteiger partial charge in [-0.25, -0.2) is 18.4 Å². The molecule has 2 aliphatic carbocycles. The van der Waals surface area contributed by atoms with Crippen LogP contribution in [0.3, 0.4) is 0 Å². The molecule has 11 heteroatoms. The second-order valence-electron chi connectivity index (χ2n) is 12.3. The van der Waals surface area contributed by atoms with Crippen LogP contribution in [0.2, 0.25) is 5.02 Å². The van der Waals surface area contributed by atoms with E-state index in [2.05, 4.69) is 52.8 Å². The Morgan fingerprint density at radius 3 is 2.57 bits per heavy atom. The maximum absolute atomic E-state index is 11.7. The van der Waals surface area contributed by atoms with Gasteiger partial charge in [0.05, 0.1) is 29.2 Å². The normalized spacial score (nSPS) is 22.9. The Balaban J connectivity index is 0.000000379. The molecular weight excluding hydrogens is 739 g/mol. The van der Waals surface area contributed by atoms with E-state index in [-0.39, 0.29) is 16.9 Å². The van der Waals surface area contributed by atoms with Crippen LogP contribution in [0.1, 0.15) is 73.4 Å². The van der Waals surface area contributed by atoms with Crippen LogP contribution in [-0.4, -0.2) is 60.6 Å². The first kappa shape index (κ1) is 38.3. The largest absolute Gasteiger partial charge is 0.490 e. The zero-order valence-corrected chi connectivity index (χ0v) is 30.6. The summed E-state index contributed by atoms with van der Waals surface area (Å²) >= 11 is 8.46. The Morgan fingerprint density at radius 2 is 1.98 bits per heavy atom. The fraction of sp³-hybridized carbons (Fsp3) is 0.514. The molecule has 2 aromatic rings. The summed E-state index contributed by atoms with van der Waals surface area (Å²) in [6, 6.07) is 11.3. The predicted octanol–water partition coefficient (Wildman–Crippen LogP) is 7.16. The Kier molecular flexibility index (Phi) is 14.4. The number of hydrogen-bond donors (Lipinski definition) is 3. The van der Waals surface area contributed by atoms with Gasteiger partial charge < -0.3 is 19.8 Å². The minimum absolute atomic E-state index is 0.186. The number of nitrogens with two attached hydrogens (primary N) is 1. The van der Waals surface area contributed by atoms with Crippen molar-refractivity contribution in [2.45, 2.75) is 75.1 Å². The lowest BCUT2D eigenvalue weighted by atomic mass is 9.68. The molecule has 2 aromatic carbocycles. The lowest BCUT2D eigenvalue weighted by molar-refractivity contribution is 0.0460. The standard InChI is InChI=1S/C27H30ClNO4.C7H15NO2S.CH3I/c1-2-24(30)21-8-5-19(21)14-29-15-27(11-3-4-17-12-20(28)7-9-22(17)27)16-33-25-10-6-18(26(31)32)13-23(25)29;1-3-5-6-7(4-2)11(8,9)10;1-2/h2,6-7,9-10,12-13,19,21,24,30H,1,3-5,8,11,14-16H2,(H,31,32);3,7H,1,4-6H2,2H3,(H2,8,9,10);1H3/t19-,21+,24-,27-;7-;/m01./s1. The molecule has 4 N–H and O–H groups in total. The van der Waals surface area contributed by atoms with E-state index < -0.39 is 27.3 Å². The number of aryl methyl sites for hydroxylation is 1. The molecule has 1 saturated carbocycles. The molecule has 1 heterocycles. The number of aliphatic hydroxyl groups excluding tert-OH is 1. The SMILES string of the molecule is C=CCC[C@@H](CC)S(N)(=O)=O.C=C[C@H](O)[C@@H]1CC[C@H]1CN1C[C@@]2(CCCc3cc(Cl)ccc32)COc2ccc(C(=O)O)cc21.CI. The third-order valence-corrected chi connectivity index (χ3v) is 11.2. The second kappa shape index (κ2) is 17.3. The van der Waals surface area contributed by atoms with Gasteiger partial charge in [0.2, 0.25) is 10.0 Å². The van der Waals surface area contributed by atoms with Crippen molar-refractivity contribution >= 4 is 55.9 Å². The minimum Gasteiger partial charge on any atom is -0.490 e. The Morgan fingerprint density at radius 1 is 1.24 bits per heavy atom. The van der Waals surface area contributed by atoms with E-state index in [0.29, 0.717) is 31.8 Å². The maximum atomic E-state index is 11.7. The van der Waals surface area contributed by atoms with Crippen LogP contribution in [0.5, 0.6) is 5.75 Å². The van der Waals surface area contributed by atoms with E-state index in [0.717, 1.165) is 61.7 Å². The first-order valence-electron chi connectivity index (χ1n) is 15.8. The van der Waals surface area contributed by atoms with E-state index in [1.54, 1.807) is 30.4 Å². The van der Waals surface area contributed by atoms with Crippen molar-refractivity contribution in [1.29, 1.82) is 0 Å². The Bertz CT molecular complexity index is 1470. The highest BCUT2D eigenvalue weighted by atomic mass is 127. The number of aromatic carboxylic acids is 1. The quantitative estimate of drug-likeness (QED) is 0.133. The molecular formula is C35H48ClIN2O6S. The van der Waals surface area contributed by atoms with Crippen molar-refractivity contribution in [3.63, 3.8) is 0 Å². The van der Waals surface area contributed by atoms with Gasteiger partial charge in [0, 0.05) is 23.5 Å². The van der Waals surface area contributed by atoms with Crippen LogP contribution in [0.25, 0.3) is 0 Å². The monoisotopic (exact) mass is 786 g/mol. The molecule has 5 rings (SSSR count). The number of sulfonamides is 1. The summed E-state index contributed by atoms with van der Waals surface area (Å²) < 4.78 is 28.0. The summed E-state index contributed by atoms with van der Waals surface area (Å²) in [7, 11) is -3.33. The maximum Gasteiger partial charge on any atom is 0.335 e. The predicted molar refractivity (Wildman–Crippen MR) is 196 cm³/mol. The molecule has 254 valence electrons. The molecule has 1 fully saturated rings. The zero-order valence-electron chi connectivity index (χ0n) is 26.8. The number of rotatable bonds is 10. The summed E-state index contributed by atoms with van der Waals surface area (Å²) in [5.74, 6) is 0.282. The van der Waals surface area contributed by atoms with E-state index in [1.165, 1.54) is 11.1 Å². The minimum atomic E-state index is -3.33. The summed E-state index contributed by atoms with van der Waals surface area (Å²) in [6.07, 6.45) is 9.77. The van der Waals surface area contributed by atoms with Crippen molar-refractivity contribution in [3.05, 3.63) is 83.4 Å². The average molecular weight is 787 g/mol. The van der Waals surface area contributed by atoms with Gasteiger partial charge in [-0.2, -0.15) is 0 Å². The summed E-state index contributed by atoms with van der Waals surface area (Å²) in [6.45, 7) is 11.1. The number of nitrogens with zero attached hydrogens (tertiary/aromatic N) is 1. The molecule has 1 spiro atoms. The number of aliphatic hydroxyl groups is 1. The van der Waals surface area contributed by atoms with Crippen molar-refractivity contribution in [2.75, 3.05) is 29.5 Å². The molecule has 3 aliphatic rings. The highest BCUT2D eigenvalue weighted by molar-refractivity contribution is 14.1. The first-order valence-corrected chi connectivity index (χ1v) is 19.9. The fourth-order valence-electron chi connectivity index (χ4n) is 6.88. The van der Waals surface area contributed by atoms with Crippen molar-refractivity contribution in [2.24, 2.45) is 17.0 Å². The number of fused-ring (bicyclic) bond motifs is 3. The number of carboxylic acids is 1. The number of ether oxygens (including phenoxy) is 1. The van der Waals surface area contributed by atoms with Gasteiger partial charge in [0.15, 0.2) is 0 Å². The van der Waals surface area contributed by atoms with Gasteiger partial charge >= 0.3 is 5.97 Å². The molecule has 0 unspecified atom stereocenters. The van der Waals surface area contributed by atoms with Crippen LogP contribution < -0.4 is 14.8 Å². The molecule has 0 amide bonds. The van der Waals surface area contributed by atoms with Gasteiger partial charge in [-0.05, 0) is 110 Å². The number of carbonyl (C=O) groups is 1. The van der Waals surface area contributed by atoms with Crippen LogP contribution in [-0.2, 0) is 21.9 Å². The Labute approximate surface area is 293 Å².